The van der Waals surface area contributed by atoms with Crippen molar-refractivity contribution in [1.29, 1.82) is 0 Å². The molecule has 0 radical (unpaired) electrons. The number of carbonyl (C=O) groups is 1. The van der Waals surface area contributed by atoms with Gasteiger partial charge in [-0.3, -0.25) is 9.69 Å². The highest BCUT2D eigenvalue weighted by Gasteiger charge is 2.37. The van der Waals surface area contributed by atoms with Crippen molar-refractivity contribution in [2.24, 2.45) is 5.92 Å². The number of piperidine rings is 1. The fourth-order valence-corrected chi connectivity index (χ4v) is 4.29. The topological polar surface area (TPSA) is 61.5 Å². The Morgan fingerprint density at radius 1 is 1.22 bits per heavy atom. The van der Waals surface area contributed by atoms with Crippen LogP contribution in [0.15, 0.2) is 36.7 Å². The van der Waals surface area contributed by atoms with Crippen molar-refractivity contribution in [3.05, 3.63) is 48.0 Å². The molecule has 6 heteroatoms. The van der Waals surface area contributed by atoms with Crippen LogP contribution >= 0.6 is 0 Å². The van der Waals surface area contributed by atoms with Crippen molar-refractivity contribution in [2.45, 2.75) is 38.8 Å². The normalized spacial score (nSPS) is 22.6. The van der Waals surface area contributed by atoms with E-state index < -0.39 is 0 Å². The average Bonchev–Trinajstić information content (AvgIpc) is 2.89. The van der Waals surface area contributed by atoms with E-state index in [2.05, 4.69) is 26.7 Å². The lowest BCUT2D eigenvalue weighted by Crippen LogP contribution is -2.47. The molecule has 2 atom stereocenters. The minimum atomic E-state index is 0.221. The van der Waals surface area contributed by atoms with Crippen molar-refractivity contribution in [2.75, 3.05) is 26.2 Å². The van der Waals surface area contributed by atoms with Crippen molar-refractivity contribution >= 4 is 5.91 Å². The van der Waals surface area contributed by atoms with Crippen LogP contribution in [0.5, 0.6) is 5.75 Å². The van der Waals surface area contributed by atoms with E-state index in [0.717, 1.165) is 49.7 Å². The molecule has 0 unspecified atom stereocenters. The van der Waals surface area contributed by atoms with Gasteiger partial charge in [-0.15, -0.1) is 0 Å². The summed E-state index contributed by atoms with van der Waals surface area (Å²) in [6, 6.07) is 10.0. The van der Waals surface area contributed by atoms with Crippen LogP contribution < -0.4 is 4.74 Å². The third-order valence-corrected chi connectivity index (χ3v) is 5.75. The summed E-state index contributed by atoms with van der Waals surface area (Å²) >= 11 is 0. The molecule has 0 saturated carbocycles. The highest BCUT2D eigenvalue weighted by molar-refractivity contribution is 5.77. The van der Waals surface area contributed by atoms with E-state index in [-0.39, 0.29) is 5.91 Å². The summed E-state index contributed by atoms with van der Waals surface area (Å²) in [5, 5.41) is 0. The summed E-state index contributed by atoms with van der Waals surface area (Å²) in [6.07, 6.45) is 4.52. The number of rotatable bonds is 6. The number of imidazole rings is 1. The van der Waals surface area contributed by atoms with Crippen molar-refractivity contribution in [3.8, 4) is 5.75 Å². The smallest absolute Gasteiger partial charge is 0.226 e. The van der Waals surface area contributed by atoms with E-state index >= 15 is 0 Å². The number of hydrogen-bond donors (Lipinski definition) is 1. The summed E-state index contributed by atoms with van der Waals surface area (Å²) in [4.78, 5) is 25.0. The molecule has 1 amide bonds. The Morgan fingerprint density at radius 2 is 2.07 bits per heavy atom. The number of fused-ring (bicyclic) bond motifs is 4. The molecule has 144 valence electrons. The summed E-state index contributed by atoms with van der Waals surface area (Å²) in [6.45, 7) is 6.23. The molecule has 6 nitrogen and oxygen atoms in total. The Hall–Kier alpha value is -2.34. The van der Waals surface area contributed by atoms with Crippen LogP contribution in [0.1, 0.15) is 30.7 Å². The number of aromatic nitrogens is 2. The minimum Gasteiger partial charge on any atom is -0.493 e. The molecule has 3 saturated heterocycles. The van der Waals surface area contributed by atoms with Crippen LogP contribution in [0.4, 0.5) is 0 Å². The van der Waals surface area contributed by atoms with E-state index in [0.29, 0.717) is 25.0 Å². The second-order valence-electron chi connectivity index (χ2n) is 7.72. The SMILES string of the molecule is Cc1[nH]cnc1CN1C[C@H]2CC[C@@H](C1)N(C(=O)CCOc1ccccc1)C2. The Bertz CT molecular complexity index is 761. The van der Waals surface area contributed by atoms with Crippen LogP contribution in [-0.4, -0.2) is 58.0 Å². The Balaban J connectivity index is 1.33. The highest BCUT2D eigenvalue weighted by atomic mass is 16.5. The number of para-hydroxylation sites is 1. The Morgan fingerprint density at radius 3 is 2.85 bits per heavy atom. The van der Waals surface area contributed by atoms with Crippen LogP contribution in [0.2, 0.25) is 0 Å². The van der Waals surface area contributed by atoms with Crippen LogP contribution in [0.3, 0.4) is 0 Å². The highest BCUT2D eigenvalue weighted by Crippen LogP contribution is 2.29. The quantitative estimate of drug-likeness (QED) is 0.851. The molecular weight excluding hydrogens is 340 g/mol. The first-order valence-corrected chi connectivity index (χ1v) is 9.87. The summed E-state index contributed by atoms with van der Waals surface area (Å²) in [5.74, 6) is 1.60. The molecule has 1 aromatic carbocycles. The predicted molar refractivity (Wildman–Crippen MR) is 103 cm³/mol. The molecule has 5 rings (SSSR count). The van der Waals surface area contributed by atoms with Gasteiger partial charge in [-0.1, -0.05) is 18.2 Å². The number of ether oxygens (including phenoxy) is 1. The van der Waals surface area contributed by atoms with Gasteiger partial charge in [-0.2, -0.15) is 0 Å². The lowest BCUT2D eigenvalue weighted by Gasteiger charge is -2.36. The zero-order chi connectivity index (χ0) is 18.6. The van der Waals surface area contributed by atoms with Crippen LogP contribution in [-0.2, 0) is 11.3 Å². The Kier molecular flexibility index (Phi) is 5.43. The number of aryl methyl sites for hydroxylation is 1. The van der Waals surface area contributed by atoms with Gasteiger partial charge in [0.2, 0.25) is 5.91 Å². The predicted octanol–water partition coefficient (Wildman–Crippen LogP) is 2.61. The minimum absolute atomic E-state index is 0.221. The van der Waals surface area contributed by atoms with Gasteiger partial charge in [-0.05, 0) is 37.8 Å². The van der Waals surface area contributed by atoms with Gasteiger partial charge < -0.3 is 14.6 Å². The molecule has 0 aliphatic carbocycles. The van der Waals surface area contributed by atoms with Gasteiger partial charge in [0.25, 0.3) is 0 Å². The maximum Gasteiger partial charge on any atom is 0.226 e. The monoisotopic (exact) mass is 368 g/mol. The molecule has 2 bridgehead atoms. The number of aromatic amines is 1. The summed E-state index contributed by atoms with van der Waals surface area (Å²) in [5.41, 5.74) is 2.25. The second kappa shape index (κ2) is 8.13. The fraction of sp³-hybridized carbons (Fsp3) is 0.524. The first-order valence-electron chi connectivity index (χ1n) is 9.87. The maximum absolute atomic E-state index is 12.8. The molecule has 3 fully saturated rings. The van der Waals surface area contributed by atoms with Gasteiger partial charge in [0.15, 0.2) is 0 Å². The summed E-state index contributed by atoms with van der Waals surface area (Å²) < 4.78 is 5.71. The number of H-pyrrole nitrogens is 1. The third kappa shape index (κ3) is 4.33. The Labute approximate surface area is 160 Å². The molecule has 1 N–H and O–H groups in total. The molecular formula is C21H28N4O2. The zero-order valence-corrected chi connectivity index (χ0v) is 15.9. The number of hydrogen-bond acceptors (Lipinski definition) is 4. The number of amides is 1. The van der Waals surface area contributed by atoms with Crippen molar-refractivity contribution in [1.82, 2.24) is 19.8 Å². The third-order valence-electron chi connectivity index (χ3n) is 5.75. The average molecular weight is 368 g/mol. The molecule has 2 aromatic rings. The number of nitrogens with one attached hydrogen (secondary N) is 1. The van der Waals surface area contributed by atoms with E-state index in [4.69, 9.17) is 4.74 Å². The standard InChI is InChI=1S/C21H28N4O2/c1-16-20(23-15-22-16)14-24-11-17-7-8-18(13-24)25(12-17)21(26)9-10-27-19-5-3-2-4-6-19/h2-6,15,17-18H,7-14H2,1H3,(H,22,23)/t17-,18+/m1/s1. The molecule has 1 aromatic heterocycles. The molecule has 3 aliphatic rings. The van der Waals surface area contributed by atoms with E-state index in [9.17, 15) is 4.79 Å². The van der Waals surface area contributed by atoms with Crippen LogP contribution in [0.25, 0.3) is 0 Å². The molecule has 0 spiro atoms. The number of nitrogens with zero attached hydrogens (tertiary/aromatic N) is 3. The van der Waals surface area contributed by atoms with Crippen LogP contribution in [0, 0.1) is 12.8 Å². The lowest BCUT2D eigenvalue weighted by atomic mass is 9.95. The van der Waals surface area contributed by atoms with E-state index in [1.165, 1.54) is 6.42 Å². The first kappa shape index (κ1) is 18.0. The number of carbonyl (C=O) groups excluding carboxylic acids is 1. The van der Waals surface area contributed by atoms with E-state index in [1.807, 2.05) is 30.3 Å². The van der Waals surface area contributed by atoms with Gasteiger partial charge in [-0.25, -0.2) is 4.98 Å². The van der Waals surface area contributed by atoms with Gasteiger partial charge >= 0.3 is 0 Å². The molecule has 27 heavy (non-hydrogen) atoms. The zero-order valence-electron chi connectivity index (χ0n) is 15.9. The van der Waals surface area contributed by atoms with Gasteiger partial charge in [0.1, 0.15) is 5.75 Å². The lowest BCUT2D eigenvalue weighted by molar-refractivity contribution is -0.135. The van der Waals surface area contributed by atoms with Gasteiger partial charge in [0, 0.05) is 37.9 Å². The van der Waals surface area contributed by atoms with E-state index in [1.54, 1.807) is 6.33 Å². The van der Waals surface area contributed by atoms with Crippen molar-refractivity contribution in [3.63, 3.8) is 0 Å². The maximum atomic E-state index is 12.8. The summed E-state index contributed by atoms with van der Waals surface area (Å²) in [7, 11) is 0. The number of benzene rings is 1. The van der Waals surface area contributed by atoms with Gasteiger partial charge in [0.05, 0.1) is 25.0 Å². The molecule has 3 aliphatic heterocycles. The fourth-order valence-electron chi connectivity index (χ4n) is 4.29. The first-order chi connectivity index (χ1) is 13.2. The largest absolute Gasteiger partial charge is 0.493 e. The second-order valence-corrected chi connectivity index (χ2v) is 7.72. The van der Waals surface area contributed by atoms with Crippen molar-refractivity contribution < 1.29 is 9.53 Å². The molecule has 4 heterocycles.